The summed E-state index contributed by atoms with van der Waals surface area (Å²) in [6, 6.07) is 11.6. The van der Waals surface area contributed by atoms with Crippen LogP contribution in [-0.2, 0) is 0 Å². The first kappa shape index (κ1) is 21.2. The number of aromatic nitrogens is 4. The zero-order chi connectivity index (χ0) is 21.6. The maximum absolute atomic E-state index is 13.3. The normalized spacial score (nSPS) is 12.2. The number of thiophene rings is 1. The van der Waals surface area contributed by atoms with Crippen LogP contribution in [0.25, 0.3) is 27.3 Å². The first-order valence-corrected chi connectivity index (χ1v) is 11.7. The van der Waals surface area contributed by atoms with Crippen molar-refractivity contribution in [2.45, 2.75) is 39.5 Å². The van der Waals surface area contributed by atoms with E-state index in [1.54, 1.807) is 28.4 Å². The molecule has 1 atom stereocenters. The van der Waals surface area contributed by atoms with E-state index in [0.717, 1.165) is 28.7 Å². The molecule has 0 aliphatic rings. The highest BCUT2D eigenvalue weighted by Crippen LogP contribution is 2.33. The van der Waals surface area contributed by atoms with Gasteiger partial charge in [0.15, 0.2) is 17.2 Å². The van der Waals surface area contributed by atoms with E-state index in [1.807, 2.05) is 35.7 Å². The van der Waals surface area contributed by atoms with Gasteiger partial charge in [0.05, 0.1) is 5.39 Å². The van der Waals surface area contributed by atoms with Crippen LogP contribution in [0.15, 0.2) is 54.2 Å². The summed E-state index contributed by atoms with van der Waals surface area (Å²) in [5, 5.41) is 10.6. The lowest BCUT2D eigenvalue weighted by atomic mass is 9.99. The van der Waals surface area contributed by atoms with Crippen molar-refractivity contribution in [1.82, 2.24) is 25.1 Å². The summed E-state index contributed by atoms with van der Waals surface area (Å²) in [7, 11) is 0. The number of hydrogen-bond donors (Lipinski definition) is 1. The maximum Gasteiger partial charge on any atom is 0.272 e. The summed E-state index contributed by atoms with van der Waals surface area (Å²) in [4.78, 5) is 23.4. The van der Waals surface area contributed by atoms with Crippen LogP contribution in [-0.4, -0.2) is 32.2 Å². The van der Waals surface area contributed by atoms with Crippen molar-refractivity contribution in [3.05, 3.63) is 59.9 Å². The van der Waals surface area contributed by atoms with Crippen molar-refractivity contribution < 1.29 is 4.79 Å². The minimum Gasteiger partial charge on any atom is -0.350 e. The lowest BCUT2D eigenvalue weighted by Crippen LogP contribution is -2.29. The van der Waals surface area contributed by atoms with Gasteiger partial charge in [0.25, 0.3) is 5.91 Å². The molecule has 31 heavy (non-hydrogen) atoms. The van der Waals surface area contributed by atoms with E-state index >= 15 is 0 Å². The Kier molecular flexibility index (Phi) is 6.72. The highest BCUT2D eigenvalue weighted by atomic mass is 32.1. The summed E-state index contributed by atoms with van der Waals surface area (Å²) in [5.74, 6) is 0.945. The van der Waals surface area contributed by atoms with E-state index in [2.05, 4.69) is 40.3 Å². The minimum absolute atomic E-state index is 0.166. The summed E-state index contributed by atoms with van der Waals surface area (Å²) >= 11 is 1.64. The zero-order valence-electron chi connectivity index (χ0n) is 17.9. The zero-order valence-corrected chi connectivity index (χ0v) is 18.7. The van der Waals surface area contributed by atoms with Gasteiger partial charge in [-0.1, -0.05) is 45.2 Å². The van der Waals surface area contributed by atoms with Crippen LogP contribution in [0.1, 0.15) is 50.0 Å². The summed E-state index contributed by atoms with van der Waals surface area (Å²) in [5.41, 5.74) is 1.99. The van der Waals surface area contributed by atoms with E-state index in [1.165, 1.54) is 12.8 Å². The van der Waals surface area contributed by atoms with Gasteiger partial charge in [-0.15, -0.1) is 11.3 Å². The van der Waals surface area contributed by atoms with Gasteiger partial charge in [-0.25, -0.2) is 9.97 Å². The molecular formula is C24H27N5OS. The second-order valence-electron chi connectivity index (χ2n) is 7.61. The van der Waals surface area contributed by atoms with Gasteiger partial charge >= 0.3 is 0 Å². The molecule has 0 saturated heterocycles. The van der Waals surface area contributed by atoms with Gasteiger partial charge in [0.2, 0.25) is 0 Å². The van der Waals surface area contributed by atoms with E-state index < -0.39 is 0 Å². The molecule has 4 aromatic heterocycles. The molecule has 7 heteroatoms. The van der Waals surface area contributed by atoms with Crippen molar-refractivity contribution in [3.63, 3.8) is 0 Å². The number of carbonyl (C=O) groups excluding carboxylic acids is 1. The number of fused-ring (bicyclic) bond motifs is 1. The fourth-order valence-corrected chi connectivity index (χ4v) is 4.50. The van der Waals surface area contributed by atoms with E-state index in [4.69, 9.17) is 0 Å². The van der Waals surface area contributed by atoms with Gasteiger partial charge in [-0.3, -0.25) is 4.79 Å². The van der Waals surface area contributed by atoms with Crippen LogP contribution in [0, 0.1) is 5.92 Å². The van der Waals surface area contributed by atoms with E-state index in [0.29, 0.717) is 29.6 Å². The Hall–Kier alpha value is -3.06. The Morgan fingerprint density at radius 2 is 2.03 bits per heavy atom. The predicted octanol–water partition coefficient (Wildman–Crippen LogP) is 5.49. The Morgan fingerprint density at radius 3 is 2.74 bits per heavy atom. The van der Waals surface area contributed by atoms with Crippen LogP contribution < -0.4 is 5.32 Å². The fraction of sp³-hybridized carbons (Fsp3) is 0.333. The van der Waals surface area contributed by atoms with Crippen molar-refractivity contribution >= 4 is 28.3 Å². The number of nitrogens with one attached hydrogen (secondary N) is 1. The van der Waals surface area contributed by atoms with Gasteiger partial charge in [0.1, 0.15) is 0 Å². The number of rotatable bonds is 9. The average molecular weight is 434 g/mol. The quantitative estimate of drug-likeness (QED) is 0.379. The molecule has 1 N–H and O–H groups in total. The first-order valence-electron chi connectivity index (χ1n) is 10.8. The van der Waals surface area contributed by atoms with Gasteiger partial charge in [-0.2, -0.15) is 9.78 Å². The van der Waals surface area contributed by atoms with Crippen LogP contribution in [0.2, 0.25) is 0 Å². The standard InChI is InChI=1S/C24H27N5OS/c1-3-5-9-17(4-2)16-27-24(30)22-21-18(19-10-8-15-31-19)12-14-26-23(21)29(28-22)20-11-6-7-13-25-20/h6-8,10-15,17H,3-5,9,16H2,1-2H3,(H,27,30)/t17-/m1/s1. The summed E-state index contributed by atoms with van der Waals surface area (Å²) in [6.07, 6.45) is 7.99. The number of amides is 1. The number of hydrogen-bond acceptors (Lipinski definition) is 5. The molecular weight excluding hydrogens is 406 g/mol. The molecule has 0 aliphatic carbocycles. The molecule has 0 radical (unpaired) electrons. The summed E-state index contributed by atoms with van der Waals surface area (Å²) in [6.45, 7) is 5.03. The molecule has 1 amide bonds. The molecule has 4 aromatic rings. The van der Waals surface area contributed by atoms with Crippen molar-refractivity contribution in [2.24, 2.45) is 5.92 Å². The molecule has 0 saturated carbocycles. The molecule has 0 aromatic carbocycles. The molecule has 0 unspecified atom stereocenters. The van der Waals surface area contributed by atoms with Gasteiger partial charge < -0.3 is 5.32 Å². The third kappa shape index (κ3) is 4.51. The van der Waals surface area contributed by atoms with E-state index in [-0.39, 0.29) is 5.91 Å². The van der Waals surface area contributed by atoms with Gasteiger partial charge in [-0.05, 0) is 42.0 Å². The summed E-state index contributed by atoms with van der Waals surface area (Å²) < 4.78 is 1.66. The van der Waals surface area contributed by atoms with Crippen LogP contribution in [0.4, 0.5) is 0 Å². The molecule has 160 valence electrons. The largest absolute Gasteiger partial charge is 0.350 e. The van der Waals surface area contributed by atoms with Gasteiger partial charge in [0, 0.05) is 29.4 Å². The van der Waals surface area contributed by atoms with E-state index in [9.17, 15) is 4.79 Å². The van der Waals surface area contributed by atoms with Crippen molar-refractivity contribution in [3.8, 4) is 16.3 Å². The average Bonchev–Trinajstić information content (AvgIpc) is 3.48. The molecule has 0 spiro atoms. The van der Waals surface area contributed by atoms with Crippen LogP contribution >= 0.6 is 11.3 Å². The minimum atomic E-state index is -0.166. The lowest BCUT2D eigenvalue weighted by molar-refractivity contribution is 0.0942. The molecule has 0 bridgehead atoms. The van der Waals surface area contributed by atoms with Crippen LogP contribution in [0.3, 0.4) is 0 Å². The monoisotopic (exact) mass is 433 g/mol. The second kappa shape index (κ2) is 9.83. The molecule has 4 rings (SSSR count). The molecule has 0 fully saturated rings. The Balaban J connectivity index is 1.76. The highest BCUT2D eigenvalue weighted by molar-refractivity contribution is 7.13. The Labute approximate surface area is 186 Å². The topological polar surface area (TPSA) is 72.7 Å². The van der Waals surface area contributed by atoms with Crippen molar-refractivity contribution in [1.29, 1.82) is 0 Å². The number of pyridine rings is 2. The number of carbonyl (C=O) groups is 1. The van der Waals surface area contributed by atoms with Crippen molar-refractivity contribution in [2.75, 3.05) is 6.54 Å². The third-order valence-corrected chi connectivity index (χ3v) is 6.43. The molecule has 4 heterocycles. The smallest absolute Gasteiger partial charge is 0.272 e. The maximum atomic E-state index is 13.3. The number of unbranched alkanes of at least 4 members (excludes halogenated alkanes) is 1. The SMILES string of the molecule is CCCC[C@@H](CC)CNC(=O)c1nn(-c2ccccn2)c2nccc(-c3cccs3)c12. The first-order chi connectivity index (χ1) is 15.2. The second-order valence-corrected chi connectivity index (χ2v) is 8.56. The van der Waals surface area contributed by atoms with Crippen LogP contribution in [0.5, 0.6) is 0 Å². The Morgan fingerprint density at radius 1 is 1.13 bits per heavy atom. The third-order valence-electron chi connectivity index (χ3n) is 5.53. The molecule has 6 nitrogen and oxygen atoms in total. The highest BCUT2D eigenvalue weighted by Gasteiger charge is 2.23. The predicted molar refractivity (Wildman–Crippen MR) is 126 cm³/mol. The molecule has 0 aliphatic heterocycles. The Bertz CT molecular complexity index is 1140. The lowest BCUT2D eigenvalue weighted by Gasteiger charge is -2.14. The number of nitrogens with zero attached hydrogens (tertiary/aromatic N) is 4. The fourth-order valence-electron chi connectivity index (χ4n) is 3.74.